The van der Waals surface area contributed by atoms with Crippen molar-refractivity contribution in [2.45, 2.75) is 27.2 Å². The molecule has 1 amide bonds. The molecule has 1 unspecified atom stereocenters. The van der Waals surface area contributed by atoms with Crippen LogP contribution in [-0.4, -0.2) is 30.5 Å². The number of carbonyl (C=O) groups excluding carboxylic acids is 1. The maximum Gasteiger partial charge on any atom is 0.223 e. The highest BCUT2D eigenvalue weighted by Gasteiger charge is 2.41. The number of carbonyl (C=O) groups is 1. The van der Waals surface area contributed by atoms with E-state index in [1.165, 1.54) is 18.2 Å². The van der Waals surface area contributed by atoms with Crippen LogP contribution in [0.1, 0.15) is 32.8 Å². The first-order chi connectivity index (χ1) is 10.4. The Kier molecular flexibility index (Phi) is 4.70. The number of amides is 1. The summed E-state index contributed by atoms with van der Waals surface area (Å²) < 4.78 is 18.7. The lowest BCUT2D eigenvalue weighted by atomic mass is 9.78. The highest BCUT2D eigenvalue weighted by atomic mass is 19.1. The summed E-state index contributed by atoms with van der Waals surface area (Å²) in [5.41, 5.74) is -0.0249. The molecule has 0 bridgehead atoms. The van der Waals surface area contributed by atoms with Gasteiger partial charge in [-0.15, -0.1) is 0 Å². The molecule has 1 aromatic rings. The van der Waals surface area contributed by atoms with Crippen molar-refractivity contribution in [1.29, 1.82) is 5.26 Å². The lowest BCUT2D eigenvalue weighted by Crippen LogP contribution is -2.32. The molecule has 1 saturated heterocycles. The van der Waals surface area contributed by atoms with Crippen LogP contribution >= 0.6 is 0 Å². The minimum absolute atomic E-state index is 0.0148. The Morgan fingerprint density at radius 2 is 2.23 bits per heavy atom. The molecule has 0 N–H and O–H groups in total. The molecule has 5 heteroatoms. The number of likely N-dealkylation sites (tertiary alicyclic amines) is 1. The third-order valence-corrected chi connectivity index (χ3v) is 4.54. The summed E-state index contributed by atoms with van der Waals surface area (Å²) in [6.07, 6.45) is 0.569. The third-order valence-electron chi connectivity index (χ3n) is 4.54. The molecule has 1 aliphatic heterocycles. The summed E-state index contributed by atoms with van der Waals surface area (Å²) in [5.74, 6) is 0.475. The lowest BCUT2D eigenvalue weighted by molar-refractivity contribution is -0.128. The zero-order chi connectivity index (χ0) is 16.3. The van der Waals surface area contributed by atoms with E-state index in [1.54, 1.807) is 6.07 Å². The van der Waals surface area contributed by atoms with E-state index in [0.717, 1.165) is 6.54 Å². The Morgan fingerprint density at radius 3 is 2.82 bits per heavy atom. The fourth-order valence-electron chi connectivity index (χ4n) is 2.58. The Bertz CT molecular complexity index is 609. The van der Waals surface area contributed by atoms with Crippen molar-refractivity contribution in [3.8, 4) is 11.8 Å². The Morgan fingerprint density at radius 1 is 1.50 bits per heavy atom. The summed E-state index contributed by atoms with van der Waals surface area (Å²) in [6, 6.07) is 5.85. The number of hydrogen-bond acceptors (Lipinski definition) is 3. The maximum absolute atomic E-state index is 13.2. The molecular weight excluding hydrogens is 283 g/mol. The van der Waals surface area contributed by atoms with Gasteiger partial charge in [0.15, 0.2) is 0 Å². The largest absolute Gasteiger partial charge is 0.492 e. The standard InChI is InChI=1S/C17H21FN2O2/c1-12(2)17(3)9-16(21)20(11-17)6-7-22-14-4-5-15(18)13(8-14)10-19/h4-5,8,12H,6-7,9,11H2,1-3H3. The topological polar surface area (TPSA) is 53.3 Å². The van der Waals surface area contributed by atoms with Crippen LogP contribution in [0.3, 0.4) is 0 Å². The Balaban J connectivity index is 1.90. The number of rotatable bonds is 5. The average molecular weight is 304 g/mol. The van der Waals surface area contributed by atoms with E-state index in [-0.39, 0.29) is 16.9 Å². The molecule has 1 atom stereocenters. The van der Waals surface area contributed by atoms with Crippen molar-refractivity contribution in [1.82, 2.24) is 4.90 Å². The van der Waals surface area contributed by atoms with Gasteiger partial charge in [0.1, 0.15) is 24.2 Å². The average Bonchev–Trinajstić information content (AvgIpc) is 2.77. The Hall–Kier alpha value is -2.09. The quantitative estimate of drug-likeness (QED) is 0.840. The van der Waals surface area contributed by atoms with Gasteiger partial charge in [-0.3, -0.25) is 4.79 Å². The van der Waals surface area contributed by atoms with E-state index in [0.29, 0.717) is 31.2 Å². The molecule has 0 spiro atoms. The predicted octanol–water partition coefficient (Wildman–Crippen LogP) is 2.97. The van der Waals surface area contributed by atoms with Crippen LogP contribution in [0.4, 0.5) is 4.39 Å². The number of halogens is 1. The molecule has 0 aliphatic carbocycles. The SMILES string of the molecule is CC(C)C1(C)CC(=O)N(CCOc2ccc(F)c(C#N)c2)C1. The molecule has 4 nitrogen and oxygen atoms in total. The number of nitrogens with zero attached hydrogens (tertiary/aromatic N) is 2. The molecule has 118 valence electrons. The lowest BCUT2D eigenvalue weighted by Gasteiger charge is -2.28. The van der Waals surface area contributed by atoms with Gasteiger partial charge in [-0.05, 0) is 23.5 Å². The number of nitriles is 1. The molecule has 22 heavy (non-hydrogen) atoms. The van der Waals surface area contributed by atoms with Crippen molar-refractivity contribution in [3.05, 3.63) is 29.6 Å². The van der Waals surface area contributed by atoms with Gasteiger partial charge in [-0.25, -0.2) is 4.39 Å². The summed E-state index contributed by atoms with van der Waals surface area (Å²) >= 11 is 0. The van der Waals surface area contributed by atoms with Gasteiger partial charge in [0, 0.05) is 19.0 Å². The van der Waals surface area contributed by atoms with E-state index in [9.17, 15) is 9.18 Å². The van der Waals surface area contributed by atoms with Crippen molar-refractivity contribution < 1.29 is 13.9 Å². The number of hydrogen-bond donors (Lipinski definition) is 0. The second kappa shape index (κ2) is 6.35. The van der Waals surface area contributed by atoms with Gasteiger partial charge in [-0.1, -0.05) is 20.8 Å². The van der Waals surface area contributed by atoms with Gasteiger partial charge in [0.2, 0.25) is 5.91 Å². The molecule has 1 aliphatic rings. The summed E-state index contributed by atoms with van der Waals surface area (Å²) in [7, 11) is 0. The van der Waals surface area contributed by atoms with Crippen LogP contribution < -0.4 is 4.74 Å². The second-order valence-corrected chi connectivity index (χ2v) is 6.40. The van der Waals surface area contributed by atoms with Crippen LogP contribution in [-0.2, 0) is 4.79 Å². The first-order valence-electron chi connectivity index (χ1n) is 7.46. The van der Waals surface area contributed by atoms with Gasteiger partial charge < -0.3 is 9.64 Å². The van der Waals surface area contributed by atoms with Gasteiger partial charge >= 0.3 is 0 Å². The molecule has 0 saturated carbocycles. The van der Waals surface area contributed by atoms with Crippen molar-refractivity contribution >= 4 is 5.91 Å². The molecule has 1 aromatic carbocycles. The van der Waals surface area contributed by atoms with E-state index in [1.807, 2.05) is 4.90 Å². The van der Waals surface area contributed by atoms with Gasteiger partial charge in [-0.2, -0.15) is 5.26 Å². The molecule has 2 rings (SSSR count). The number of benzene rings is 1. The first-order valence-corrected chi connectivity index (χ1v) is 7.46. The molecule has 1 heterocycles. The zero-order valence-electron chi connectivity index (χ0n) is 13.2. The molecule has 0 radical (unpaired) electrons. The van der Waals surface area contributed by atoms with Gasteiger partial charge in [0.25, 0.3) is 0 Å². The van der Waals surface area contributed by atoms with E-state index in [2.05, 4.69) is 20.8 Å². The highest BCUT2D eigenvalue weighted by molar-refractivity contribution is 5.79. The summed E-state index contributed by atoms with van der Waals surface area (Å²) in [6.45, 7) is 7.97. The second-order valence-electron chi connectivity index (χ2n) is 6.40. The van der Waals surface area contributed by atoms with Gasteiger partial charge in [0.05, 0.1) is 12.1 Å². The highest BCUT2D eigenvalue weighted by Crippen LogP contribution is 2.37. The monoisotopic (exact) mass is 304 g/mol. The fourth-order valence-corrected chi connectivity index (χ4v) is 2.58. The molecule has 0 aromatic heterocycles. The minimum atomic E-state index is -0.558. The number of ether oxygens (including phenoxy) is 1. The minimum Gasteiger partial charge on any atom is -0.492 e. The normalized spacial score (nSPS) is 21.3. The van der Waals surface area contributed by atoms with Crippen molar-refractivity contribution in [2.24, 2.45) is 11.3 Å². The zero-order valence-corrected chi connectivity index (χ0v) is 13.2. The van der Waals surface area contributed by atoms with Crippen LogP contribution in [0.5, 0.6) is 5.75 Å². The summed E-state index contributed by atoms with van der Waals surface area (Å²) in [5, 5.41) is 8.79. The molecular formula is C17H21FN2O2. The smallest absolute Gasteiger partial charge is 0.223 e. The molecule has 1 fully saturated rings. The van der Waals surface area contributed by atoms with Crippen LogP contribution in [0.15, 0.2) is 18.2 Å². The third kappa shape index (κ3) is 3.38. The van der Waals surface area contributed by atoms with Crippen LogP contribution in [0, 0.1) is 28.5 Å². The van der Waals surface area contributed by atoms with E-state index < -0.39 is 5.82 Å². The summed E-state index contributed by atoms with van der Waals surface area (Å²) in [4.78, 5) is 13.9. The first kappa shape index (κ1) is 16.3. The van der Waals surface area contributed by atoms with E-state index in [4.69, 9.17) is 10.00 Å². The Labute approximate surface area is 130 Å². The van der Waals surface area contributed by atoms with Crippen LogP contribution in [0.2, 0.25) is 0 Å². The maximum atomic E-state index is 13.2. The van der Waals surface area contributed by atoms with E-state index >= 15 is 0 Å². The van der Waals surface area contributed by atoms with Crippen LogP contribution in [0.25, 0.3) is 0 Å². The van der Waals surface area contributed by atoms with Crippen molar-refractivity contribution in [2.75, 3.05) is 19.7 Å². The predicted molar refractivity (Wildman–Crippen MR) is 80.8 cm³/mol. The fraction of sp³-hybridized carbons (Fsp3) is 0.529. The van der Waals surface area contributed by atoms with Crippen molar-refractivity contribution in [3.63, 3.8) is 0 Å².